The molecule has 0 bridgehead atoms. The van der Waals surface area contributed by atoms with E-state index in [1.54, 1.807) is 0 Å². The van der Waals surface area contributed by atoms with Crippen molar-refractivity contribution in [3.63, 3.8) is 0 Å². The topological polar surface area (TPSA) is 37.7 Å². The highest BCUT2D eigenvalue weighted by Gasteiger charge is 2.41. The summed E-state index contributed by atoms with van der Waals surface area (Å²) in [5.41, 5.74) is 4.37. The van der Waals surface area contributed by atoms with Gasteiger partial charge in [0.05, 0.1) is 11.6 Å². The van der Waals surface area contributed by atoms with Crippen molar-refractivity contribution in [2.24, 2.45) is 13.0 Å². The van der Waals surface area contributed by atoms with Crippen LogP contribution in [0.15, 0.2) is 23.2 Å². The summed E-state index contributed by atoms with van der Waals surface area (Å²) in [5, 5.41) is 2.88. The number of carbonyl (C=O) groups excluding carboxylic acids is 1. The van der Waals surface area contributed by atoms with Crippen LogP contribution in [0.5, 0.6) is 0 Å². The summed E-state index contributed by atoms with van der Waals surface area (Å²) in [6.45, 7) is 3.24. The first-order chi connectivity index (χ1) is 14.1. The van der Waals surface area contributed by atoms with Crippen molar-refractivity contribution >= 4 is 28.8 Å². The van der Waals surface area contributed by atoms with E-state index in [-0.39, 0.29) is 6.09 Å². The number of thioether (sulfide) groups is 1. The SMILES string of the molecule is CSc1c2c3c(cccc3n1C)C1C[C@@H](COC(=O)N3CCCC3)CN(C)[C@@H]1C2. The Hall–Kier alpha value is -1.66. The number of aryl methyl sites for hydroxylation is 1. The van der Waals surface area contributed by atoms with Gasteiger partial charge in [-0.25, -0.2) is 4.79 Å². The molecular weight excluding hydrogens is 382 g/mol. The Morgan fingerprint density at radius 1 is 1.24 bits per heavy atom. The molecule has 2 aromatic rings. The van der Waals surface area contributed by atoms with Gasteiger partial charge in [0, 0.05) is 55.5 Å². The van der Waals surface area contributed by atoms with Gasteiger partial charge in [-0.3, -0.25) is 0 Å². The summed E-state index contributed by atoms with van der Waals surface area (Å²) >= 11 is 1.86. The van der Waals surface area contributed by atoms with Crippen LogP contribution in [0.1, 0.15) is 36.3 Å². The van der Waals surface area contributed by atoms with Crippen molar-refractivity contribution in [3.8, 4) is 0 Å². The van der Waals surface area contributed by atoms with Gasteiger partial charge in [0.2, 0.25) is 0 Å². The van der Waals surface area contributed by atoms with Gasteiger partial charge in [0.25, 0.3) is 0 Å². The zero-order valence-electron chi connectivity index (χ0n) is 17.7. The lowest BCUT2D eigenvalue weighted by Crippen LogP contribution is -2.49. The Kier molecular flexibility index (Phi) is 5.03. The lowest BCUT2D eigenvalue weighted by molar-refractivity contribution is 0.0498. The summed E-state index contributed by atoms with van der Waals surface area (Å²) in [7, 11) is 4.44. The smallest absolute Gasteiger partial charge is 0.409 e. The summed E-state index contributed by atoms with van der Waals surface area (Å²) in [6, 6.07) is 7.33. The molecule has 5 rings (SSSR count). The van der Waals surface area contributed by atoms with Crippen molar-refractivity contribution in [2.75, 3.05) is 39.5 Å². The number of amides is 1. The third kappa shape index (κ3) is 3.15. The van der Waals surface area contributed by atoms with Gasteiger partial charge in [-0.15, -0.1) is 11.8 Å². The van der Waals surface area contributed by atoms with E-state index in [4.69, 9.17) is 4.74 Å². The van der Waals surface area contributed by atoms with Crippen LogP contribution in [0.4, 0.5) is 4.79 Å². The first kappa shape index (κ1) is 19.3. The number of rotatable bonds is 3. The molecule has 0 radical (unpaired) electrons. The van der Waals surface area contributed by atoms with Crippen LogP contribution < -0.4 is 0 Å². The van der Waals surface area contributed by atoms with Gasteiger partial charge < -0.3 is 19.1 Å². The number of ether oxygens (including phenoxy) is 1. The predicted octanol–water partition coefficient (Wildman–Crippen LogP) is 4.09. The van der Waals surface area contributed by atoms with Gasteiger partial charge in [-0.2, -0.15) is 0 Å². The minimum Gasteiger partial charge on any atom is -0.449 e. The van der Waals surface area contributed by atoms with Gasteiger partial charge >= 0.3 is 6.09 Å². The predicted molar refractivity (Wildman–Crippen MR) is 118 cm³/mol. The molecule has 0 spiro atoms. The minimum absolute atomic E-state index is 0.118. The van der Waals surface area contributed by atoms with Crippen LogP contribution in [-0.4, -0.2) is 66.0 Å². The molecule has 0 saturated carbocycles. The highest BCUT2D eigenvalue weighted by molar-refractivity contribution is 7.98. The highest BCUT2D eigenvalue weighted by atomic mass is 32.2. The van der Waals surface area contributed by atoms with E-state index in [2.05, 4.69) is 48.0 Å². The Balaban J connectivity index is 1.40. The molecule has 1 aromatic heterocycles. The molecule has 2 saturated heterocycles. The average Bonchev–Trinajstić information content (AvgIpc) is 3.35. The zero-order chi connectivity index (χ0) is 20.1. The van der Waals surface area contributed by atoms with Crippen LogP contribution in [0.3, 0.4) is 0 Å². The van der Waals surface area contributed by atoms with E-state index in [1.807, 2.05) is 16.7 Å². The number of fused-ring (bicyclic) bond motifs is 2. The second-order valence-corrected chi connectivity index (χ2v) is 9.77. The first-order valence-electron chi connectivity index (χ1n) is 10.8. The maximum absolute atomic E-state index is 12.3. The van der Waals surface area contributed by atoms with Crippen molar-refractivity contribution in [1.82, 2.24) is 14.4 Å². The molecule has 3 aliphatic rings. The van der Waals surface area contributed by atoms with E-state index in [9.17, 15) is 4.79 Å². The van der Waals surface area contributed by atoms with Gasteiger partial charge in [-0.05, 0) is 56.2 Å². The van der Waals surface area contributed by atoms with Crippen molar-refractivity contribution in [1.29, 1.82) is 0 Å². The standard InChI is InChI=1S/C23H31N3O2S/c1-24-13-15(14-28-23(27)26-9-4-5-10-26)11-17-16-7-6-8-19-21(16)18(12-20(17)24)22(29-3)25(19)2/h6-8,15,17,20H,4-5,9-14H2,1-3H3/t15-,17?,20-/m1/s1. The van der Waals surface area contributed by atoms with Gasteiger partial charge in [-0.1, -0.05) is 12.1 Å². The Labute approximate surface area is 177 Å². The summed E-state index contributed by atoms with van der Waals surface area (Å²) < 4.78 is 8.10. The maximum atomic E-state index is 12.3. The average molecular weight is 414 g/mol. The van der Waals surface area contributed by atoms with Crippen LogP contribution in [-0.2, 0) is 18.2 Å². The van der Waals surface area contributed by atoms with Crippen LogP contribution in [0.2, 0.25) is 0 Å². The Morgan fingerprint density at radius 2 is 2.03 bits per heavy atom. The molecule has 6 heteroatoms. The molecule has 5 nitrogen and oxygen atoms in total. The minimum atomic E-state index is -0.118. The number of likely N-dealkylation sites (tertiary alicyclic amines) is 2. The number of piperidine rings is 1. The molecular formula is C23H31N3O2S. The third-order valence-corrected chi connectivity index (χ3v) is 8.18. The van der Waals surface area contributed by atoms with Crippen molar-refractivity contribution in [2.45, 2.75) is 42.7 Å². The fourth-order valence-electron chi connectivity index (χ4n) is 5.93. The Morgan fingerprint density at radius 3 is 2.79 bits per heavy atom. The van der Waals surface area contributed by atoms with Gasteiger partial charge in [0.15, 0.2) is 0 Å². The molecule has 156 valence electrons. The van der Waals surface area contributed by atoms with Crippen LogP contribution >= 0.6 is 11.8 Å². The summed E-state index contributed by atoms with van der Waals surface area (Å²) in [6.07, 6.45) is 6.49. The molecule has 1 amide bonds. The lowest BCUT2D eigenvalue weighted by atomic mass is 9.72. The molecule has 3 heterocycles. The molecule has 3 atom stereocenters. The fourth-order valence-corrected chi connectivity index (χ4v) is 6.73. The maximum Gasteiger partial charge on any atom is 0.409 e. The molecule has 0 N–H and O–H groups in total. The molecule has 1 unspecified atom stereocenters. The summed E-state index contributed by atoms with van der Waals surface area (Å²) in [4.78, 5) is 16.7. The summed E-state index contributed by atoms with van der Waals surface area (Å²) in [5.74, 6) is 0.908. The molecule has 1 aromatic carbocycles. The van der Waals surface area contributed by atoms with E-state index < -0.39 is 0 Å². The van der Waals surface area contributed by atoms with E-state index in [0.29, 0.717) is 24.5 Å². The first-order valence-corrected chi connectivity index (χ1v) is 12.1. The number of benzene rings is 1. The number of aromatic nitrogens is 1. The van der Waals surface area contributed by atoms with Gasteiger partial charge in [0.1, 0.15) is 0 Å². The van der Waals surface area contributed by atoms with E-state index in [1.165, 1.54) is 27.1 Å². The molecule has 29 heavy (non-hydrogen) atoms. The quantitative estimate of drug-likeness (QED) is 0.711. The highest BCUT2D eigenvalue weighted by Crippen LogP contribution is 2.47. The second-order valence-electron chi connectivity index (χ2n) is 8.98. The number of hydrogen-bond acceptors (Lipinski definition) is 4. The van der Waals surface area contributed by atoms with E-state index >= 15 is 0 Å². The molecule has 1 aliphatic carbocycles. The normalized spacial score (nSPS) is 26.7. The molecule has 2 aliphatic heterocycles. The monoisotopic (exact) mass is 413 g/mol. The van der Waals surface area contributed by atoms with Crippen LogP contribution in [0.25, 0.3) is 10.9 Å². The third-order valence-electron chi connectivity index (χ3n) is 7.28. The van der Waals surface area contributed by atoms with Crippen LogP contribution in [0, 0.1) is 5.92 Å². The van der Waals surface area contributed by atoms with Crippen molar-refractivity contribution < 1.29 is 9.53 Å². The Bertz CT molecular complexity index is 934. The molecule has 2 fully saturated rings. The number of nitrogens with zero attached hydrogens (tertiary/aromatic N) is 3. The second kappa shape index (κ2) is 7.55. The zero-order valence-corrected chi connectivity index (χ0v) is 18.5. The number of carbonyl (C=O) groups is 1. The fraction of sp³-hybridized carbons (Fsp3) is 0.609. The lowest BCUT2D eigenvalue weighted by Gasteiger charge is -2.45. The number of likely N-dealkylation sites (N-methyl/N-ethyl adjacent to an activating group) is 1. The largest absolute Gasteiger partial charge is 0.449 e. The van der Waals surface area contributed by atoms with Crippen molar-refractivity contribution in [3.05, 3.63) is 29.3 Å². The number of hydrogen-bond donors (Lipinski definition) is 0. The van der Waals surface area contributed by atoms with E-state index in [0.717, 1.165) is 45.3 Å².